The molecular weight excluding hydrogens is 240 g/mol. The van der Waals surface area contributed by atoms with Crippen molar-refractivity contribution in [2.24, 2.45) is 0 Å². The molecule has 96 valence electrons. The highest BCUT2D eigenvalue weighted by atomic mass is 35.5. The Bertz CT molecular complexity index is 394. The van der Waals surface area contributed by atoms with Crippen LogP contribution in [0.2, 0.25) is 5.02 Å². The van der Waals surface area contributed by atoms with Crippen molar-refractivity contribution in [3.63, 3.8) is 0 Å². The van der Waals surface area contributed by atoms with Crippen molar-refractivity contribution in [3.8, 4) is 0 Å². The first-order valence-corrected chi connectivity index (χ1v) is 6.07. The van der Waals surface area contributed by atoms with Gasteiger partial charge in [-0.25, -0.2) is 0 Å². The van der Waals surface area contributed by atoms with Gasteiger partial charge in [-0.3, -0.25) is 4.79 Å². The van der Waals surface area contributed by atoms with Crippen LogP contribution in [0.5, 0.6) is 0 Å². The van der Waals surface area contributed by atoms with E-state index in [1.54, 1.807) is 26.1 Å². The van der Waals surface area contributed by atoms with E-state index in [9.17, 15) is 9.90 Å². The van der Waals surface area contributed by atoms with Crippen LogP contribution in [0.4, 0.5) is 0 Å². The molecule has 0 fully saturated rings. The maximum atomic E-state index is 11.9. The maximum absolute atomic E-state index is 11.9. The summed E-state index contributed by atoms with van der Waals surface area (Å²) in [5.74, 6) is -0.215. The molecule has 0 aliphatic heterocycles. The molecule has 0 aliphatic rings. The van der Waals surface area contributed by atoms with Crippen LogP contribution in [0, 0.1) is 0 Å². The normalized spacial score (nSPS) is 11.6. The van der Waals surface area contributed by atoms with E-state index < -0.39 is 5.60 Å². The molecule has 1 heterocycles. The van der Waals surface area contributed by atoms with E-state index in [-0.39, 0.29) is 12.5 Å². The Labute approximate surface area is 107 Å². The van der Waals surface area contributed by atoms with Gasteiger partial charge in [0, 0.05) is 19.3 Å². The monoisotopic (exact) mass is 258 g/mol. The Morgan fingerprint density at radius 3 is 2.76 bits per heavy atom. The summed E-state index contributed by atoms with van der Waals surface area (Å²) >= 11 is 5.89. The van der Waals surface area contributed by atoms with Crippen LogP contribution in [0.15, 0.2) is 12.3 Å². The Hall–Kier alpha value is -1.00. The summed E-state index contributed by atoms with van der Waals surface area (Å²) < 4.78 is 1.82. The van der Waals surface area contributed by atoms with Crippen LogP contribution in [-0.4, -0.2) is 27.7 Å². The molecule has 0 saturated heterocycles. The second kappa shape index (κ2) is 5.56. The lowest BCUT2D eigenvalue weighted by Gasteiger charge is -2.18. The Balaban J connectivity index is 2.74. The first-order valence-electron chi connectivity index (χ1n) is 5.69. The molecule has 5 heteroatoms. The van der Waals surface area contributed by atoms with E-state index in [1.807, 2.05) is 11.5 Å². The minimum Gasteiger partial charge on any atom is -0.389 e. The SMILES string of the molecule is CCCn1cc(Cl)cc1C(=O)NCC(C)(C)O. The number of hydrogen-bond donors (Lipinski definition) is 2. The molecule has 0 unspecified atom stereocenters. The van der Waals surface area contributed by atoms with E-state index in [0.29, 0.717) is 10.7 Å². The summed E-state index contributed by atoms with van der Waals surface area (Å²) in [5.41, 5.74) is -0.386. The lowest BCUT2D eigenvalue weighted by molar-refractivity contribution is 0.0689. The van der Waals surface area contributed by atoms with Crippen molar-refractivity contribution in [1.29, 1.82) is 0 Å². The highest BCUT2D eigenvalue weighted by Crippen LogP contribution is 2.15. The average molecular weight is 259 g/mol. The summed E-state index contributed by atoms with van der Waals surface area (Å²) in [6, 6.07) is 1.64. The Morgan fingerprint density at radius 1 is 1.59 bits per heavy atom. The molecule has 1 rings (SSSR count). The van der Waals surface area contributed by atoms with Crippen molar-refractivity contribution in [2.45, 2.75) is 39.3 Å². The second-order valence-corrected chi connectivity index (χ2v) is 5.17. The van der Waals surface area contributed by atoms with Gasteiger partial charge >= 0.3 is 0 Å². The zero-order chi connectivity index (χ0) is 13.1. The molecule has 4 nitrogen and oxygen atoms in total. The van der Waals surface area contributed by atoms with Crippen LogP contribution in [-0.2, 0) is 6.54 Å². The van der Waals surface area contributed by atoms with E-state index in [1.165, 1.54) is 0 Å². The maximum Gasteiger partial charge on any atom is 0.268 e. The van der Waals surface area contributed by atoms with Crippen molar-refractivity contribution in [3.05, 3.63) is 23.0 Å². The fraction of sp³-hybridized carbons (Fsp3) is 0.583. The number of hydrogen-bond acceptors (Lipinski definition) is 2. The number of aliphatic hydroxyl groups is 1. The number of rotatable bonds is 5. The molecule has 0 atom stereocenters. The van der Waals surface area contributed by atoms with Gasteiger partial charge in [0.25, 0.3) is 5.91 Å². The highest BCUT2D eigenvalue weighted by molar-refractivity contribution is 6.31. The number of carbonyl (C=O) groups is 1. The molecule has 0 bridgehead atoms. The highest BCUT2D eigenvalue weighted by Gasteiger charge is 2.17. The first kappa shape index (κ1) is 14.1. The number of nitrogens with one attached hydrogen (secondary N) is 1. The first-order chi connectivity index (χ1) is 7.83. The lowest BCUT2D eigenvalue weighted by Crippen LogP contribution is -2.38. The standard InChI is InChI=1S/C12H19ClN2O2/c1-4-5-15-7-9(13)6-10(15)11(16)14-8-12(2,3)17/h6-7,17H,4-5,8H2,1-3H3,(H,14,16). The summed E-state index contributed by atoms with van der Waals surface area (Å²) in [4.78, 5) is 11.9. The molecule has 1 amide bonds. The lowest BCUT2D eigenvalue weighted by atomic mass is 10.1. The van der Waals surface area contributed by atoms with Crippen LogP contribution < -0.4 is 5.32 Å². The van der Waals surface area contributed by atoms with Crippen molar-refractivity contribution in [1.82, 2.24) is 9.88 Å². The molecule has 0 radical (unpaired) electrons. The quantitative estimate of drug-likeness (QED) is 0.849. The van der Waals surface area contributed by atoms with E-state index in [4.69, 9.17) is 11.6 Å². The van der Waals surface area contributed by atoms with Crippen LogP contribution in [0.3, 0.4) is 0 Å². The third-order valence-electron chi connectivity index (χ3n) is 2.24. The molecule has 2 N–H and O–H groups in total. The number of aromatic nitrogens is 1. The number of carbonyl (C=O) groups excluding carboxylic acids is 1. The van der Waals surface area contributed by atoms with Crippen molar-refractivity contribution >= 4 is 17.5 Å². The van der Waals surface area contributed by atoms with Gasteiger partial charge in [0.05, 0.1) is 10.6 Å². The van der Waals surface area contributed by atoms with Crippen molar-refractivity contribution in [2.75, 3.05) is 6.54 Å². The molecule has 0 saturated carbocycles. The van der Waals surface area contributed by atoms with Gasteiger partial charge in [-0.05, 0) is 26.3 Å². The fourth-order valence-corrected chi connectivity index (χ4v) is 1.70. The van der Waals surface area contributed by atoms with Gasteiger partial charge in [0.1, 0.15) is 5.69 Å². The van der Waals surface area contributed by atoms with Gasteiger partial charge in [-0.15, -0.1) is 0 Å². The van der Waals surface area contributed by atoms with Crippen molar-refractivity contribution < 1.29 is 9.90 Å². The molecule has 1 aromatic rings. The van der Waals surface area contributed by atoms with Crippen LogP contribution in [0.25, 0.3) is 0 Å². The predicted molar refractivity (Wildman–Crippen MR) is 68.4 cm³/mol. The van der Waals surface area contributed by atoms with E-state index in [0.717, 1.165) is 13.0 Å². The van der Waals surface area contributed by atoms with Gasteiger partial charge in [-0.2, -0.15) is 0 Å². The summed E-state index contributed by atoms with van der Waals surface area (Å²) in [6.45, 7) is 6.28. The zero-order valence-corrected chi connectivity index (χ0v) is 11.2. The van der Waals surface area contributed by atoms with E-state index in [2.05, 4.69) is 5.32 Å². The molecule has 0 aliphatic carbocycles. The molecular formula is C12H19ClN2O2. The van der Waals surface area contributed by atoms with Gasteiger partial charge in [0.2, 0.25) is 0 Å². The summed E-state index contributed by atoms with van der Waals surface area (Å²) in [6.07, 6.45) is 2.67. The summed E-state index contributed by atoms with van der Waals surface area (Å²) in [5, 5.41) is 12.8. The summed E-state index contributed by atoms with van der Waals surface area (Å²) in [7, 11) is 0. The predicted octanol–water partition coefficient (Wildman–Crippen LogP) is 2.05. The van der Waals surface area contributed by atoms with Gasteiger partial charge in [-0.1, -0.05) is 18.5 Å². The molecule has 0 aromatic carbocycles. The Morgan fingerprint density at radius 2 is 2.24 bits per heavy atom. The van der Waals surface area contributed by atoms with Gasteiger partial charge in [0.15, 0.2) is 0 Å². The third-order valence-corrected chi connectivity index (χ3v) is 2.45. The average Bonchev–Trinajstić information content (AvgIpc) is 2.55. The number of halogens is 1. The zero-order valence-electron chi connectivity index (χ0n) is 10.5. The molecule has 0 spiro atoms. The topological polar surface area (TPSA) is 54.3 Å². The smallest absolute Gasteiger partial charge is 0.268 e. The minimum atomic E-state index is -0.915. The second-order valence-electron chi connectivity index (χ2n) is 4.73. The van der Waals surface area contributed by atoms with E-state index >= 15 is 0 Å². The number of aryl methyl sites for hydroxylation is 1. The van der Waals surface area contributed by atoms with Crippen LogP contribution in [0.1, 0.15) is 37.7 Å². The van der Waals surface area contributed by atoms with Gasteiger partial charge < -0.3 is 15.0 Å². The largest absolute Gasteiger partial charge is 0.389 e. The van der Waals surface area contributed by atoms with Crippen LogP contribution >= 0.6 is 11.6 Å². The fourth-order valence-electron chi connectivity index (χ4n) is 1.48. The Kier molecular flexibility index (Phi) is 4.60. The molecule has 1 aromatic heterocycles. The molecule has 17 heavy (non-hydrogen) atoms. The third kappa shape index (κ3) is 4.40. The number of amides is 1. The minimum absolute atomic E-state index is 0.209. The number of nitrogens with zero attached hydrogens (tertiary/aromatic N) is 1.